The Bertz CT molecular complexity index is 2470. The zero-order valence-corrected chi connectivity index (χ0v) is 23.3. The summed E-state index contributed by atoms with van der Waals surface area (Å²) in [6.07, 6.45) is 0. The number of hydrogen-bond donors (Lipinski definition) is 0. The Labute approximate surface area is 248 Å². The molecule has 0 aliphatic heterocycles. The smallest absolute Gasteiger partial charge is 0.235 e. The van der Waals surface area contributed by atoms with Crippen LogP contribution in [0, 0.1) is 0 Å². The molecule has 0 aliphatic rings. The van der Waals surface area contributed by atoms with Crippen LogP contribution in [-0.4, -0.2) is 14.4 Å². The maximum absolute atomic E-state index is 5.08. The fourth-order valence-corrected chi connectivity index (χ4v) is 6.57. The molecule has 0 aliphatic carbocycles. The van der Waals surface area contributed by atoms with Gasteiger partial charge in [-0.15, -0.1) is 0 Å². The van der Waals surface area contributed by atoms with Crippen molar-refractivity contribution >= 4 is 49.1 Å². The lowest BCUT2D eigenvalue weighted by Gasteiger charge is -2.13. The average molecular weight is 548 g/mol. The molecule has 0 amide bonds. The fraction of sp³-hybridized carbons (Fsp3) is 0. The second-order valence-electron chi connectivity index (χ2n) is 11.1. The average Bonchev–Trinajstić information content (AvgIpc) is 3.47. The Morgan fingerprint density at radius 3 is 1.72 bits per heavy atom. The highest BCUT2D eigenvalue weighted by Gasteiger charge is 2.15. The van der Waals surface area contributed by atoms with E-state index in [2.05, 4.69) is 138 Å². The van der Waals surface area contributed by atoms with Gasteiger partial charge in [0.25, 0.3) is 0 Å². The highest BCUT2D eigenvalue weighted by atomic mass is 15.1. The number of fused-ring (bicyclic) bond motifs is 9. The second kappa shape index (κ2) is 9.37. The van der Waals surface area contributed by atoms with Crippen molar-refractivity contribution in [1.82, 2.24) is 14.4 Å². The molecule has 7 aromatic carbocycles. The zero-order valence-electron chi connectivity index (χ0n) is 23.3. The SMILES string of the molecule is c1ccc(-c2cc(-c3cccc(-c4ccc5c6ccccc6c6ccccc6c5c4)c3)nc3nc4ccccc4n23)cc1. The lowest BCUT2D eigenvalue weighted by molar-refractivity contribution is 1.14. The predicted molar refractivity (Wildman–Crippen MR) is 179 cm³/mol. The first kappa shape index (κ1) is 23.9. The van der Waals surface area contributed by atoms with Gasteiger partial charge in [0, 0.05) is 5.56 Å². The molecule has 0 N–H and O–H groups in total. The van der Waals surface area contributed by atoms with Crippen molar-refractivity contribution < 1.29 is 0 Å². The van der Waals surface area contributed by atoms with Crippen molar-refractivity contribution in [2.45, 2.75) is 0 Å². The summed E-state index contributed by atoms with van der Waals surface area (Å²) in [5.41, 5.74) is 8.51. The van der Waals surface area contributed by atoms with Gasteiger partial charge >= 0.3 is 0 Å². The number of para-hydroxylation sites is 2. The molecule has 3 heteroatoms. The zero-order chi connectivity index (χ0) is 28.3. The van der Waals surface area contributed by atoms with Gasteiger partial charge in [0.15, 0.2) is 0 Å². The molecule has 0 saturated carbocycles. The Balaban J connectivity index is 1.24. The van der Waals surface area contributed by atoms with Crippen LogP contribution >= 0.6 is 0 Å². The number of benzene rings is 7. The number of aromatic nitrogens is 3. The van der Waals surface area contributed by atoms with E-state index in [-0.39, 0.29) is 0 Å². The van der Waals surface area contributed by atoms with Crippen LogP contribution in [0.25, 0.3) is 82.8 Å². The topological polar surface area (TPSA) is 30.2 Å². The number of nitrogens with zero attached hydrogens (tertiary/aromatic N) is 3. The summed E-state index contributed by atoms with van der Waals surface area (Å²) in [7, 11) is 0. The van der Waals surface area contributed by atoms with E-state index in [1.54, 1.807) is 0 Å². The molecule has 0 radical (unpaired) electrons. The van der Waals surface area contributed by atoms with Crippen molar-refractivity contribution in [3.8, 4) is 33.6 Å². The van der Waals surface area contributed by atoms with E-state index in [4.69, 9.17) is 9.97 Å². The van der Waals surface area contributed by atoms with Gasteiger partial charge in [0.2, 0.25) is 5.78 Å². The van der Waals surface area contributed by atoms with Crippen LogP contribution in [0.3, 0.4) is 0 Å². The van der Waals surface area contributed by atoms with Gasteiger partial charge in [-0.2, -0.15) is 0 Å². The van der Waals surface area contributed by atoms with Crippen LogP contribution in [0.4, 0.5) is 0 Å². The molecule has 43 heavy (non-hydrogen) atoms. The quantitative estimate of drug-likeness (QED) is 0.206. The largest absolute Gasteiger partial charge is 0.276 e. The third-order valence-corrected chi connectivity index (χ3v) is 8.58. The Kier molecular flexibility index (Phi) is 5.20. The highest BCUT2D eigenvalue weighted by Crippen LogP contribution is 2.38. The van der Waals surface area contributed by atoms with Gasteiger partial charge in [-0.1, -0.05) is 121 Å². The van der Waals surface area contributed by atoms with Crippen molar-refractivity contribution in [1.29, 1.82) is 0 Å². The molecule has 0 fully saturated rings. The lowest BCUT2D eigenvalue weighted by atomic mass is 9.91. The summed E-state index contributed by atoms with van der Waals surface area (Å²) >= 11 is 0. The van der Waals surface area contributed by atoms with E-state index in [1.807, 2.05) is 18.2 Å². The van der Waals surface area contributed by atoms with Crippen molar-refractivity contribution in [2.24, 2.45) is 0 Å². The third-order valence-electron chi connectivity index (χ3n) is 8.58. The number of rotatable bonds is 3. The fourth-order valence-electron chi connectivity index (χ4n) is 6.57. The molecule has 2 aromatic heterocycles. The predicted octanol–water partition coefficient (Wildman–Crippen LogP) is 10.3. The molecule has 0 saturated heterocycles. The van der Waals surface area contributed by atoms with Gasteiger partial charge in [-0.3, -0.25) is 4.40 Å². The summed E-state index contributed by atoms with van der Waals surface area (Å²) in [4.78, 5) is 9.99. The molecular weight excluding hydrogens is 522 g/mol. The molecule has 2 heterocycles. The van der Waals surface area contributed by atoms with E-state index in [1.165, 1.54) is 37.9 Å². The molecule has 9 aromatic rings. The Morgan fingerprint density at radius 2 is 0.953 bits per heavy atom. The molecular formula is C40H25N3. The van der Waals surface area contributed by atoms with Gasteiger partial charge in [-0.05, 0) is 79.3 Å². The minimum Gasteiger partial charge on any atom is -0.276 e. The van der Waals surface area contributed by atoms with Crippen LogP contribution < -0.4 is 0 Å². The maximum Gasteiger partial charge on any atom is 0.235 e. The monoisotopic (exact) mass is 547 g/mol. The first-order chi connectivity index (χ1) is 21.3. The summed E-state index contributed by atoms with van der Waals surface area (Å²) in [6.45, 7) is 0. The first-order valence-electron chi connectivity index (χ1n) is 14.6. The van der Waals surface area contributed by atoms with E-state index in [0.717, 1.165) is 39.1 Å². The standard InChI is InChI=1S/C40H25N3/c1-2-11-26(12-3-1)39-25-37(42-40-41-36-19-8-9-20-38(36)43(39)40)29-14-10-13-27(23-29)28-21-22-34-32-17-5-4-15-30(32)31-16-6-7-18-33(31)35(34)24-28/h1-25H. The Morgan fingerprint density at radius 1 is 0.372 bits per heavy atom. The van der Waals surface area contributed by atoms with Crippen LogP contribution in [0.2, 0.25) is 0 Å². The molecule has 0 atom stereocenters. The lowest BCUT2D eigenvalue weighted by Crippen LogP contribution is -1.97. The van der Waals surface area contributed by atoms with Crippen LogP contribution in [0.1, 0.15) is 0 Å². The molecule has 0 spiro atoms. The van der Waals surface area contributed by atoms with Gasteiger partial charge in [0.1, 0.15) is 0 Å². The Hall–Kier alpha value is -5.80. The molecule has 9 rings (SSSR count). The minimum absolute atomic E-state index is 0.701. The van der Waals surface area contributed by atoms with E-state index in [9.17, 15) is 0 Å². The molecule has 200 valence electrons. The molecule has 0 bridgehead atoms. The molecule has 0 unspecified atom stereocenters. The third kappa shape index (κ3) is 3.75. The summed E-state index contributed by atoms with van der Waals surface area (Å²) in [5, 5.41) is 7.69. The number of hydrogen-bond acceptors (Lipinski definition) is 2. The maximum atomic E-state index is 5.08. The van der Waals surface area contributed by atoms with E-state index in [0.29, 0.717) is 5.78 Å². The van der Waals surface area contributed by atoms with Gasteiger partial charge in [0.05, 0.1) is 22.4 Å². The normalized spacial score (nSPS) is 11.7. The minimum atomic E-state index is 0.701. The second-order valence-corrected chi connectivity index (χ2v) is 11.1. The summed E-state index contributed by atoms with van der Waals surface area (Å²) < 4.78 is 2.16. The van der Waals surface area contributed by atoms with Crippen LogP contribution in [-0.2, 0) is 0 Å². The van der Waals surface area contributed by atoms with Crippen molar-refractivity contribution in [3.63, 3.8) is 0 Å². The number of imidazole rings is 1. The van der Waals surface area contributed by atoms with Crippen molar-refractivity contribution in [3.05, 3.63) is 152 Å². The highest BCUT2D eigenvalue weighted by molar-refractivity contribution is 6.25. The van der Waals surface area contributed by atoms with E-state index >= 15 is 0 Å². The molecule has 3 nitrogen and oxygen atoms in total. The van der Waals surface area contributed by atoms with Crippen LogP contribution in [0.5, 0.6) is 0 Å². The summed E-state index contributed by atoms with van der Waals surface area (Å²) in [6, 6.07) is 53.9. The summed E-state index contributed by atoms with van der Waals surface area (Å²) in [5.74, 6) is 0.701. The van der Waals surface area contributed by atoms with Gasteiger partial charge < -0.3 is 0 Å². The van der Waals surface area contributed by atoms with Crippen LogP contribution in [0.15, 0.2) is 152 Å². The van der Waals surface area contributed by atoms with Crippen molar-refractivity contribution in [2.75, 3.05) is 0 Å². The van der Waals surface area contributed by atoms with E-state index < -0.39 is 0 Å². The van der Waals surface area contributed by atoms with Gasteiger partial charge in [-0.25, -0.2) is 9.97 Å². The first-order valence-corrected chi connectivity index (χ1v) is 14.6.